The van der Waals surface area contributed by atoms with Gasteiger partial charge in [-0.05, 0) is 6.42 Å². The lowest BCUT2D eigenvalue weighted by Crippen LogP contribution is -1.85. The third-order valence-electron chi connectivity index (χ3n) is 5.08. The molecule has 24 heavy (non-hydrogen) atoms. The van der Waals surface area contributed by atoms with Gasteiger partial charge in [0.2, 0.25) is 5.75 Å². The Kier molecular flexibility index (Phi) is 23.0. The molecule has 0 saturated heterocycles. The predicted octanol–water partition coefficient (Wildman–Crippen LogP) is 8.24. The van der Waals surface area contributed by atoms with Crippen molar-refractivity contribution in [3.8, 4) is 0 Å². The van der Waals surface area contributed by atoms with Crippen LogP contribution in [0.1, 0.15) is 135 Å². The van der Waals surface area contributed by atoms with Gasteiger partial charge in [0.15, 0.2) is 0 Å². The first kappa shape index (κ1) is 24.0. The monoisotopic (exact) mass is 357 g/mol. The topological polar surface area (TPSA) is 17.1 Å². The molecule has 0 atom stereocenters. The Morgan fingerprint density at radius 1 is 0.417 bits per heavy atom. The molecular weight excluding hydrogens is 312 g/mol. The molecule has 0 fully saturated rings. The molecule has 0 amide bonds. The summed E-state index contributed by atoms with van der Waals surface area (Å²) in [6.45, 7) is 2.29. The summed E-state index contributed by atoms with van der Waals surface area (Å²) >= 11 is 0.742. The molecule has 0 aromatic rings. The van der Waals surface area contributed by atoms with Crippen molar-refractivity contribution in [3.05, 3.63) is 0 Å². The average Bonchev–Trinajstić information content (AvgIpc) is 2.60. The van der Waals surface area contributed by atoms with E-state index >= 15 is 0 Å². The molecule has 0 saturated carbocycles. The van der Waals surface area contributed by atoms with Gasteiger partial charge < -0.3 is 0 Å². The SMILES string of the molecule is CCCCCCCCCCCCCCCCCCCCCC[S+]=O. The molecule has 0 heterocycles. The Hall–Kier alpha value is 0.0200. The van der Waals surface area contributed by atoms with Crippen molar-refractivity contribution in [2.45, 2.75) is 135 Å². The molecule has 0 spiro atoms. The normalized spacial score (nSPS) is 11.0. The van der Waals surface area contributed by atoms with Gasteiger partial charge in [0.25, 0.3) is 0 Å². The molecule has 0 aromatic carbocycles. The van der Waals surface area contributed by atoms with Gasteiger partial charge in [0.05, 0.1) is 0 Å². The Morgan fingerprint density at radius 3 is 0.917 bits per heavy atom. The number of hydrogen-bond acceptors (Lipinski definition) is 1. The summed E-state index contributed by atoms with van der Waals surface area (Å²) in [6.07, 6.45) is 28.3. The molecule has 2 heteroatoms. The highest BCUT2D eigenvalue weighted by molar-refractivity contribution is 7.65. The van der Waals surface area contributed by atoms with E-state index in [0.717, 1.165) is 23.8 Å². The zero-order chi connectivity index (χ0) is 17.6. The number of hydrogen-bond donors (Lipinski definition) is 0. The second-order valence-electron chi connectivity index (χ2n) is 7.54. The summed E-state index contributed by atoms with van der Waals surface area (Å²) in [4.78, 5) is 0. The van der Waals surface area contributed by atoms with Crippen LogP contribution < -0.4 is 0 Å². The van der Waals surface area contributed by atoms with Crippen LogP contribution >= 0.6 is 0 Å². The largest absolute Gasteiger partial charge is 0.458 e. The highest BCUT2D eigenvalue weighted by Crippen LogP contribution is 2.14. The molecule has 0 bridgehead atoms. The van der Waals surface area contributed by atoms with Gasteiger partial charge in [-0.25, -0.2) is 0 Å². The molecule has 0 aliphatic rings. The van der Waals surface area contributed by atoms with E-state index in [2.05, 4.69) is 6.92 Å². The quantitative estimate of drug-likeness (QED) is 0.149. The Labute approximate surface area is 157 Å². The maximum atomic E-state index is 10.2. The lowest BCUT2D eigenvalue weighted by molar-refractivity contribution is 0.523. The highest BCUT2D eigenvalue weighted by Gasteiger charge is 1.98. The second-order valence-corrected chi connectivity index (χ2v) is 8.18. The average molecular weight is 358 g/mol. The van der Waals surface area contributed by atoms with Gasteiger partial charge in [-0.15, -0.1) is 0 Å². The van der Waals surface area contributed by atoms with Gasteiger partial charge in [-0.3, -0.25) is 0 Å². The molecule has 144 valence electrons. The Balaban J connectivity index is 2.94. The molecule has 0 N–H and O–H groups in total. The van der Waals surface area contributed by atoms with Crippen LogP contribution in [0.4, 0.5) is 0 Å². The maximum absolute atomic E-state index is 10.2. The summed E-state index contributed by atoms with van der Waals surface area (Å²) in [5.74, 6) is 0.805. The fraction of sp³-hybridized carbons (Fsp3) is 1.00. The smallest absolute Gasteiger partial charge is 0.0654 e. The highest BCUT2D eigenvalue weighted by atomic mass is 32.1. The lowest BCUT2D eigenvalue weighted by Gasteiger charge is -2.03. The minimum absolute atomic E-state index is 0.742. The van der Waals surface area contributed by atoms with Crippen molar-refractivity contribution >= 4 is 11.7 Å². The van der Waals surface area contributed by atoms with Crippen LogP contribution in [0.2, 0.25) is 0 Å². The van der Waals surface area contributed by atoms with Crippen LogP contribution in [0.25, 0.3) is 0 Å². The molecule has 0 aliphatic heterocycles. The molecule has 0 aliphatic carbocycles. The summed E-state index contributed by atoms with van der Waals surface area (Å²) in [7, 11) is 0. The first-order chi connectivity index (χ1) is 11.9. The molecule has 0 radical (unpaired) electrons. The molecular formula is C22H45OS+. The van der Waals surface area contributed by atoms with Gasteiger partial charge in [0.1, 0.15) is 0 Å². The van der Waals surface area contributed by atoms with E-state index in [-0.39, 0.29) is 0 Å². The molecule has 0 rings (SSSR count). The second kappa shape index (κ2) is 23.0. The number of unbranched alkanes of at least 4 members (excludes halogenated alkanes) is 19. The summed E-state index contributed by atoms with van der Waals surface area (Å²) in [5.41, 5.74) is 0. The van der Waals surface area contributed by atoms with Gasteiger partial charge in [0, 0.05) is 10.6 Å². The minimum Gasteiger partial charge on any atom is -0.0654 e. The van der Waals surface area contributed by atoms with Crippen LogP contribution in [-0.2, 0) is 15.9 Å². The van der Waals surface area contributed by atoms with Crippen molar-refractivity contribution in [1.29, 1.82) is 0 Å². The van der Waals surface area contributed by atoms with Gasteiger partial charge in [-0.2, -0.15) is 0 Å². The van der Waals surface area contributed by atoms with Crippen LogP contribution in [-0.4, -0.2) is 5.75 Å². The van der Waals surface area contributed by atoms with Gasteiger partial charge in [-0.1, -0.05) is 122 Å². The van der Waals surface area contributed by atoms with Crippen molar-refractivity contribution in [1.82, 2.24) is 0 Å². The Morgan fingerprint density at radius 2 is 0.667 bits per heavy atom. The lowest BCUT2D eigenvalue weighted by atomic mass is 10.0. The third kappa shape index (κ3) is 22.0. The van der Waals surface area contributed by atoms with Crippen molar-refractivity contribution in [2.24, 2.45) is 0 Å². The first-order valence-electron chi connectivity index (χ1n) is 11.2. The Bertz CT molecular complexity index is 230. The van der Waals surface area contributed by atoms with Crippen molar-refractivity contribution < 1.29 is 4.21 Å². The maximum Gasteiger partial charge on any atom is 0.458 e. The standard InChI is InChI=1S/C22H45OS/c1-2-3-4-5-6-7-8-9-10-11-12-13-14-15-16-17-18-19-20-21-22-24-23/h2-22H2,1H3/q+1. The molecule has 1 nitrogen and oxygen atoms in total. The third-order valence-corrected chi connectivity index (χ3v) is 5.54. The zero-order valence-corrected chi connectivity index (χ0v) is 17.5. The van der Waals surface area contributed by atoms with Crippen LogP contribution in [0.15, 0.2) is 0 Å². The zero-order valence-electron chi connectivity index (χ0n) is 16.7. The van der Waals surface area contributed by atoms with E-state index in [1.165, 1.54) is 122 Å². The van der Waals surface area contributed by atoms with E-state index in [1.54, 1.807) is 0 Å². The van der Waals surface area contributed by atoms with E-state index in [0.29, 0.717) is 0 Å². The van der Waals surface area contributed by atoms with Crippen molar-refractivity contribution in [2.75, 3.05) is 5.75 Å². The van der Waals surface area contributed by atoms with Crippen molar-refractivity contribution in [3.63, 3.8) is 0 Å². The molecule has 0 aromatic heterocycles. The van der Waals surface area contributed by atoms with Crippen LogP contribution in [0.5, 0.6) is 0 Å². The fourth-order valence-electron chi connectivity index (χ4n) is 3.42. The minimum atomic E-state index is 0.742. The summed E-state index contributed by atoms with van der Waals surface area (Å²) in [5, 5.41) is 0. The van der Waals surface area contributed by atoms with Gasteiger partial charge >= 0.3 is 11.7 Å². The van der Waals surface area contributed by atoms with Crippen LogP contribution in [0.3, 0.4) is 0 Å². The summed E-state index contributed by atoms with van der Waals surface area (Å²) in [6, 6.07) is 0. The van der Waals surface area contributed by atoms with E-state index in [9.17, 15) is 4.21 Å². The van der Waals surface area contributed by atoms with E-state index in [1.807, 2.05) is 0 Å². The van der Waals surface area contributed by atoms with E-state index < -0.39 is 0 Å². The van der Waals surface area contributed by atoms with Crippen LogP contribution in [0, 0.1) is 0 Å². The van der Waals surface area contributed by atoms with E-state index in [4.69, 9.17) is 0 Å². The fourth-order valence-corrected chi connectivity index (χ4v) is 3.74. The predicted molar refractivity (Wildman–Crippen MR) is 111 cm³/mol. The summed E-state index contributed by atoms with van der Waals surface area (Å²) < 4.78 is 10.2. The first-order valence-corrected chi connectivity index (χ1v) is 12.1. The number of rotatable bonds is 21. The molecule has 0 unspecified atom stereocenters.